The van der Waals surface area contributed by atoms with Crippen molar-refractivity contribution in [2.45, 2.75) is 32.6 Å². The van der Waals surface area contributed by atoms with Crippen molar-refractivity contribution < 1.29 is 23.9 Å². The molecule has 0 heterocycles. The molecule has 2 aliphatic carbocycles. The van der Waals surface area contributed by atoms with Gasteiger partial charge in [-0.25, -0.2) is 4.79 Å². The SMILES string of the molecule is COC(=O)c1ccc(/C(Cl)=C/[C@@H]2C=C(C)C[C@H]3C[C@H](CC(=O)NCCc4ccc(Cl)cc4)C=C[C@]32C(=O)OC)cc1. The number of methoxy groups -OCH3 is 2. The number of hydrogen-bond acceptors (Lipinski definition) is 5. The molecule has 0 unspecified atom stereocenters. The van der Waals surface area contributed by atoms with E-state index in [9.17, 15) is 14.4 Å². The maximum Gasteiger partial charge on any atom is 0.337 e. The van der Waals surface area contributed by atoms with Crippen molar-refractivity contribution in [2.24, 2.45) is 23.2 Å². The van der Waals surface area contributed by atoms with Crippen molar-refractivity contribution in [2.75, 3.05) is 20.8 Å². The molecule has 2 aromatic rings. The first-order valence-corrected chi connectivity index (χ1v) is 14.4. The smallest absolute Gasteiger partial charge is 0.337 e. The number of fused-ring (bicyclic) bond motifs is 1. The number of allylic oxidation sites excluding steroid dienone is 4. The number of ether oxygens (including phenoxy) is 2. The van der Waals surface area contributed by atoms with E-state index in [1.54, 1.807) is 24.3 Å². The summed E-state index contributed by atoms with van der Waals surface area (Å²) in [7, 11) is 2.74. The van der Waals surface area contributed by atoms with Crippen LogP contribution in [0, 0.1) is 23.2 Å². The lowest BCUT2D eigenvalue weighted by Crippen LogP contribution is -2.48. The Morgan fingerprint density at radius 3 is 2.37 bits per heavy atom. The number of carbonyl (C=O) groups is 3. The molecule has 8 heteroatoms. The van der Waals surface area contributed by atoms with Crippen molar-refractivity contribution in [3.05, 3.63) is 100 Å². The van der Waals surface area contributed by atoms with E-state index in [1.165, 1.54) is 14.2 Å². The van der Waals surface area contributed by atoms with Gasteiger partial charge in [-0.15, -0.1) is 0 Å². The molecule has 4 atom stereocenters. The predicted octanol–water partition coefficient (Wildman–Crippen LogP) is 6.77. The molecule has 216 valence electrons. The Hall–Kier alpha value is -3.35. The van der Waals surface area contributed by atoms with Crippen LogP contribution in [0.5, 0.6) is 0 Å². The minimum Gasteiger partial charge on any atom is -0.468 e. The molecule has 0 bridgehead atoms. The van der Waals surface area contributed by atoms with E-state index in [2.05, 4.69) is 18.3 Å². The third-order valence-electron chi connectivity index (χ3n) is 8.03. The van der Waals surface area contributed by atoms with Gasteiger partial charge in [0.2, 0.25) is 5.91 Å². The summed E-state index contributed by atoms with van der Waals surface area (Å²) in [5.41, 5.74) is 2.48. The van der Waals surface area contributed by atoms with E-state index in [4.69, 9.17) is 32.7 Å². The van der Waals surface area contributed by atoms with E-state index >= 15 is 0 Å². The monoisotopic (exact) mass is 595 g/mol. The quantitative estimate of drug-likeness (QED) is 0.255. The number of nitrogens with one attached hydrogen (secondary N) is 1. The van der Waals surface area contributed by atoms with Crippen LogP contribution >= 0.6 is 23.2 Å². The van der Waals surface area contributed by atoms with Gasteiger partial charge in [0.1, 0.15) is 0 Å². The lowest BCUT2D eigenvalue weighted by molar-refractivity contribution is -0.155. The van der Waals surface area contributed by atoms with Crippen LogP contribution < -0.4 is 5.32 Å². The Morgan fingerprint density at radius 2 is 1.71 bits per heavy atom. The highest BCUT2D eigenvalue weighted by Gasteiger charge is 2.53. The first-order chi connectivity index (χ1) is 19.7. The van der Waals surface area contributed by atoms with Gasteiger partial charge in [0.05, 0.1) is 25.2 Å². The maximum atomic E-state index is 13.4. The number of rotatable bonds is 9. The Bertz CT molecular complexity index is 1360. The molecule has 2 aromatic carbocycles. The largest absolute Gasteiger partial charge is 0.468 e. The summed E-state index contributed by atoms with van der Waals surface area (Å²) < 4.78 is 10.1. The molecule has 0 fully saturated rings. The van der Waals surface area contributed by atoms with Gasteiger partial charge in [0, 0.05) is 28.9 Å². The maximum absolute atomic E-state index is 13.4. The van der Waals surface area contributed by atoms with E-state index in [1.807, 2.05) is 42.5 Å². The summed E-state index contributed by atoms with van der Waals surface area (Å²) in [6, 6.07) is 14.4. The fourth-order valence-electron chi connectivity index (χ4n) is 5.94. The first-order valence-electron chi connectivity index (χ1n) is 13.7. The van der Waals surface area contributed by atoms with Crippen LogP contribution in [0.25, 0.3) is 5.03 Å². The highest BCUT2D eigenvalue weighted by Crippen LogP contribution is 2.53. The number of benzene rings is 2. The molecule has 6 nitrogen and oxygen atoms in total. The average Bonchev–Trinajstić information content (AvgIpc) is 2.97. The Labute approximate surface area is 251 Å². The summed E-state index contributed by atoms with van der Waals surface area (Å²) in [6.07, 6.45) is 10.4. The van der Waals surface area contributed by atoms with Crippen LogP contribution in [0.4, 0.5) is 0 Å². The fourth-order valence-corrected chi connectivity index (χ4v) is 6.32. The zero-order valence-corrected chi connectivity index (χ0v) is 25.0. The van der Waals surface area contributed by atoms with Gasteiger partial charge in [-0.05, 0) is 73.4 Å². The fraction of sp³-hybridized carbons (Fsp3) is 0.364. The van der Waals surface area contributed by atoms with Crippen LogP contribution in [0.3, 0.4) is 0 Å². The molecule has 0 saturated carbocycles. The van der Waals surface area contributed by atoms with Gasteiger partial charge in [-0.1, -0.05) is 77.3 Å². The Morgan fingerprint density at radius 1 is 1.02 bits per heavy atom. The van der Waals surface area contributed by atoms with Crippen LogP contribution in [-0.2, 0) is 25.5 Å². The van der Waals surface area contributed by atoms with E-state index in [0.29, 0.717) is 35.0 Å². The summed E-state index contributed by atoms with van der Waals surface area (Å²) in [4.78, 5) is 38.0. The highest BCUT2D eigenvalue weighted by atomic mass is 35.5. The van der Waals surface area contributed by atoms with Crippen molar-refractivity contribution >= 4 is 46.1 Å². The summed E-state index contributed by atoms with van der Waals surface area (Å²) in [5, 5.41) is 4.17. The van der Waals surface area contributed by atoms with Crippen LogP contribution in [0.2, 0.25) is 5.02 Å². The third kappa shape index (κ3) is 7.11. The molecular weight excluding hydrogens is 561 g/mol. The molecule has 1 N–H and O–H groups in total. The van der Waals surface area contributed by atoms with Gasteiger partial charge in [0.15, 0.2) is 0 Å². The summed E-state index contributed by atoms with van der Waals surface area (Å²) >= 11 is 12.7. The van der Waals surface area contributed by atoms with E-state index in [0.717, 1.165) is 29.5 Å². The normalized spacial score (nSPS) is 23.7. The van der Waals surface area contributed by atoms with Gasteiger partial charge in [-0.3, -0.25) is 9.59 Å². The van der Waals surface area contributed by atoms with Crippen LogP contribution in [0.15, 0.2) is 78.4 Å². The van der Waals surface area contributed by atoms with Crippen molar-refractivity contribution in [3.63, 3.8) is 0 Å². The average molecular weight is 597 g/mol. The molecule has 41 heavy (non-hydrogen) atoms. The number of halogens is 2. The Kier molecular flexibility index (Phi) is 10.1. The molecule has 0 aliphatic heterocycles. The molecule has 1 amide bonds. The molecule has 0 aromatic heterocycles. The molecule has 0 radical (unpaired) electrons. The second kappa shape index (κ2) is 13.5. The standard InChI is InChI=1S/C33H35Cl2NO5/c1-21-16-26-18-23(19-30(37)36-15-13-22-4-10-28(34)11-5-22)12-14-33(26,32(39)41-3)27(17-21)20-29(35)24-6-8-25(9-7-24)31(38)40-2/h4-12,14,17,20,23,26-27H,13,15-16,18-19H2,1-3H3,(H,36,37)/b29-20-/t23-,26+,27+,33+/m1/s1. The Balaban J connectivity index is 1.50. The van der Waals surface area contributed by atoms with Crippen molar-refractivity contribution in [1.29, 1.82) is 0 Å². The summed E-state index contributed by atoms with van der Waals surface area (Å²) in [5.74, 6) is -1.15. The van der Waals surface area contributed by atoms with Crippen molar-refractivity contribution in [3.8, 4) is 0 Å². The molecule has 2 aliphatic rings. The minimum atomic E-state index is -0.929. The third-order valence-corrected chi connectivity index (χ3v) is 8.63. The molecule has 4 rings (SSSR count). The minimum absolute atomic E-state index is 0.00480. The van der Waals surface area contributed by atoms with E-state index < -0.39 is 11.4 Å². The second-order valence-corrected chi connectivity index (χ2v) is 11.6. The zero-order valence-electron chi connectivity index (χ0n) is 23.5. The van der Waals surface area contributed by atoms with Crippen LogP contribution in [0.1, 0.15) is 47.7 Å². The molecule has 0 spiro atoms. The lowest BCUT2D eigenvalue weighted by atomic mass is 9.56. The summed E-state index contributed by atoms with van der Waals surface area (Å²) in [6.45, 7) is 2.60. The van der Waals surface area contributed by atoms with E-state index in [-0.39, 0.29) is 29.6 Å². The van der Waals surface area contributed by atoms with Crippen LogP contribution in [-0.4, -0.2) is 38.6 Å². The molecular formula is C33H35Cl2NO5. The molecule has 0 saturated heterocycles. The second-order valence-electron chi connectivity index (χ2n) is 10.7. The number of amides is 1. The predicted molar refractivity (Wildman–Crippen MR) is 161 cm³/mol. The number of hydrogen-bond donors (Lipinski definition) is 1. The zero-order chi connectivity index (χ0) is 29.6. The lowest BCUT2D eigenvalue weighted by Gasteiger charge is -2.47. The number of carbonyl (C=O) groups excluding carboxylic acids is 3. The van der Waals surface area contributed by atoms with Crippen molar-refractivity contribution in [1.82, 2.24) is 5.32 Å². The topological polar surface area (TPSA) is 81.7 Å². The highest BCUT2D eigenvalue weighted by molar-refractivity contribution is 6.48. The van der Waals surface area contributed by atoms with Gasteiger partial charge >= 0.3 is 11.9 Å². The van der Waals surface area contributed by atoms with Gasteiger partial charge in [-0.2, -0.15) is 0 Å². The number of esters is 2. The first kappa shape index (κ1) is 30.6. The van der Waals surface area contributed by atoms with Gasteiger partial charge in [0.25, 0.3) is 0 Å². The van der Waals surface area contributed by atoms with Gasteiger partial charge < -0.3 is 14.8 Å².